The Labute approximate surface area is 146 Å². The van der Waals surface area contributed by atoms with Gasteiger partial charge in [0.1, 0.15) is 6.54 Å². The minimum absolute atomic E-state index is 0.00359. The van der Waals surface area contributed by atoms with E-state index in [4.69, 9.17) is 11.6 Å². The van der Waals surface area contributed by atoms with E-state index >= 15 is 0 Å². The zero-order chi connectivity index (χ0) is 17.3. The van der Waals surface area contributed by atoms with E-state index in [1.54, 1.807) is 9.58 Å². The molecule has 0 unspecified atom stereocenters. The van der Waals surface area contributed by atoms with Crippen molar-refractivity contribution in [2.75, 3.05) is 11.4 Å². The van der Waals surface area contributed by atoms with Gasteiger partial charge < -0.3 is 4.90 Å². The molecule has 124 valence electrons. The number of aryl methyl sites for hydroxylation is 1. The number of fused-ring (bicyclic) bond motifs is 1. The fourth-order valence-corrected chi connectivity index (χ4v) is 3.10. The quantitative estimate of drug-likeness (QED) is 0.707. The second kappa shape index (κ2) is 6.65. The van der Waals surface area contributed by atoms with Gasteiger partial charge in [0.15, 0.2) is 0 Å². The Morgan fingerprint density at radius 1 is 1.17 bits per heavy atom. The van der Waals surface area contributed by atoms with Gasteiger partial charge >= 0.3 is 0 Å². The molecule has 0 aliphatic carbocycles. The third kappa shape index (κ3) is 2.89. The zero-order valence-corrected chi connectivity index (χ0v) is 14.8. The Kier molecular flexibility index (Phi) is 4.58. The van der Waals surface area contributed by atoms with Gasteiger partial charge in [-0.05, 0) is 32.2 Å². The molecule has 3 rings (SSSR count). The molecule has 24 heavy (non-hydrogen) atoms. The van der Waals surface area contributed by atoms with Gasteiger partial charge in [-0.25, -0.2) is 0 Å². The topological polar surface area (TPSA) is 38.1 Å². The van der Waals surface area contributed by atoms with Gasteiger partial charge in [-0.2, -0.15) is 5.10 Å². The van der Waals surface area contributed by atoms with Crippen LogP contribution >= 0.6 is 11.6 Å². The summed E-state index contributed by atoms with van der Waals surface area (Å²) < 4.78 is 1.67. The minimum Gasteiger partial charge on any atom is -0.310 e. The van der Waals surface area contributed by atoms with Crippen molar-refractivity contribution in [2.24, 2.45) is 0 Å². The number of amides is 1. The molecule has 4 nitrogen and oxygen atoms in total. The molecule has 5 heteroatoms. The average Bonchev–Trinajstić information content (AvgIpc) is 2.83. The maximum absolute atomic E-state index is 12.9. The Bertz CT molecular complexity index is 896. The summed E-state index contributed by atoms with van der Waals surface area (Å²) in [5, 5.41) is 7.17. The fourth-order valence-electron chi connectivity index (χ4n) is 2.97. The lowest BCUT2D eigenvalue weighted by Gasteiger charge is -2.23. The van der Waals surface area contributed by atoms with Crippen molar-refractivity contribution in [2.45, 2.75) is 27.3 Å². The van der Waals surface area contributed by atoms with E-state index < -0.39 is 0 Å². The third-order valence-corrected chi connectivity index (χ3v) is 4.80. The summed E-state index contributed by atoms with van der Waals surface area (Å²) in [5.41, 5.74) is 2.49. The van der Waals surface area contributed by atoms with Gasteiger partial charge in [-0.1, -0.05) is 48.0 Å². The molecular weight excluding hydrogens is 322 g/mol. The lowest BCUT2D eigenvalue weighted by atomic mass is 10.1. The van der Waals surface area contributed by atoms with Crippen LogP contribution in [0.2, 0.25) is 5.02 Å². The van der Waals surface area contributed by atoms with Crippen LogP contribution in [0.3, 0.4) is 0 Å². The number of nitrogens with zero attached hydrogens (tertiary/aromatic N) is 3. The second-order valence-corrected chi connectivity index (χ2v) is 6.16. The monoisotopic (exact) mass is 341 g/mol. The summed E-state index contributed by atoms with van der Waals surface area (Å²) in [6, 6.07) is 14.1. The molecule has 1 amide bonds. The predicted octanol–water partition coefficient (Wildman–Crippen LogP) is 4.36. The van der Waals surface area contributed by atoms with Crippen LogP contribution < -0.4 is 4.90 Å². The number of carbonyl (C=O) groups excluding carboxylic acids is 1. The van der Waals surface area contributed by atoms with Crippen molar-refractivity contribution in [3.63, 3.8) is 0 Å². The summed E-state index contributed by atoms with van der Waals surface area (Å²) in [5.74, 6) is -0.00359. The van der Waals surface area contributed by atoms with Gasteiger partial charge in [-0.15, -0.1) is 0 Å². The van der Waals surface area contributed by atoms with Gasteiger partial charge in [0.2, 0.25) is 5.91 Å². The van der Waals surface area contributed by atoms with Crippen molar-refractivity contribution >= 4 is 34.0 Å². The number of likely N-dealkylation sites (N-methyl/N-ethyl adjacent to an activating group) is 1. The molecule has 0 N–H and O–H groups in total. The number of carbonyl (C=O) groups is 1. The molecule has 3 aromatic rings. The lowest BCUT2D eigenvalue weighted by molar-refractivity contribution is -0.119. The van der Waals surface area contributed by atoms with Crippen molar-refractivity contribution in [3.05, 3.63) is 58.9 Å². The predicted molar refractivity (Wildman–Crippen MR) is 98.7 cm³/mol. The molecule has 0 saturated carbocycles. The summed E-state index contributed by atoms with van der Waals surface area (Å²) >= 11 is 6.18. The van der Waals surface area contributed by atoms with Gasteiger partial charge in [0.05, 0.1) is 22.1 Å². The number of anilines is 1. The summed E-state index contributed by atoms with van der Waals surface area (Å²) in [6.45, 7) is 6.48. The molecule has 0 spiro atoms. The van der Waals surface area contributed by atoms with Crippen LogP contribution in [0.5, 0.6) is 0 Å². The maximum Gasteiger partial charge on any atom is 0.248 e. The van der Waals surface area contributed by atoms with Crippen LogP contribution in [0.15, 0.2) is 42.5 Å². The highest BCUT2D eigenvalue weighted by Gasteiger charge is 2.19. The Hall–Kier alpha value is -2.33. The Morgan fingerprint density at radius 2 is 1.88 bits per heavy atom. The van der Waals surface area contributed by atoms with Crippen LogP contribution in [0.1, 0.15) is 18.3 Å². The smallest absolute Gasteiger partial charge is 0.248 e. The molecule has 2 aromatic carbocycles. The molecule has 0 aliphatic heterocycles. The summed E-state index contributed by atoms with van der Waals surface area (Å²) in [4.78, 5) is 14.7. The highest BCUT2D eigenvalue weighted by Crippen LogP contribution is 2.27. The van der Waals surface area contributed by atoms with Crippen LogP contribution in [-0.4, -0.2) is 22.2 Å². The number of benzene rings is 2. The highest BCUT2D eigenvalue weighted by molar-refractivity contribution is 6.31. The van der Waals surface area contributed by atoms with Crippen molar-refractivity contribution in [3.8, 4) is 0 Å². The minimum atomic E-state index is -0.00359. The first kappa shape index (κ1) is 16.5. The normalized spacial score (nSPS) is 11.0. The van der Waals surface area contributed by atoms with Crippen molar-refractivity contribution in [1.82, 2.24) is 9.78 Å². The van der Waals surface area contributed by atoms with E-state index in [1.165, 1.54) is 0 Å². The molecule has 0 atom stereocenters. The largest absolute Gasteiger partial charge is 0.310 e. The first-order chi connectivity index (χ1) is 11.5. The SMILES string of the molecule is CCN(C(=O)Cn1nc(C)c(Cl)c1C)c1cccc2ccccc12. The number of hydrogen-bond donors (Lipinski definition) is 0. The third-order valence-electron chi connectivity index (χ3n) is 4.25. The fraction of sp³-hybridized carbons (Fsp3) is 0.263. The molecule has 0 bridgehead atoms. The molecular formula is C19H20ClN3O. The average molecular weight is 342 g/mol. The van der Waals surface area contributed by atoms with E-state index in [9.17, 15) is 4.79 Å². The van der Waals surface area contributed by atoms with Crippen molar-refractivity contribution in [1.29, 1.82) is 0 Å². The van der Waals surface area contributed by atoms with Gasteiger partial charge in [-0.3, -0.25) is 9.48 Å². The lowest BCUT2D eigenvalue weighted by Crippen LogP contribution is -2.34. The van der Waals surface area contributed by atoms with E-state index in [-0.39, 0.29) is 12.5 Å². The molecule has 0 fully saturated rings. The first-order valence-electron chi connectivity index (χ1n) is 8.00. The van der Waals surface area contributed by atoms with E-state index in [2.05, 4.69) is 17.2 Å². The molecule has 1 aromatic heterocycles. The van der Waals surface area contributed by atoms with E-state index in [0.29, 0.717) is 11.6 Å². The number of rotatable bonds is 4. The molecule has 0 aliphatic rings. The summed E-state index contributed by atoms with van der Waals surface area (Å²) in [7, 11) is 0. The summed E-state index contributed by atoms with van der Waals surface area (Å²) in [6.07, 6.45) is 0. The Morgan fingerprint density at radius 3 is 2.54 bits per heavy atom. The molecule has 0 radical (unpaired) electrons. The van der Waals surface area contributed by atoms with Crippen molar-refractivity contribution < 1.29 is 4.79 Å². The zero-order valence-electron chi connectivity index (χ0n) is 14.1. The first-order valence-corrected chi connectivity index (χ1v) is 8.38. The second-order valence-electron chi connectivity index (χ2n) is 5.78. The van der Waals surface area contributed by atoms with Crippen LogP contribution in [0.25, 0.3) is 10.8 Å². The standard InChI is InChI=1S/C19H20ClN3O/c1-4-22(17-11-7-9-15-8-5-6-10-16(15)17)18(24)12-23-14(3)19(20)13(2)21-23/h5-11H,4,12H2,1-3H3. The number of hydrogen-bond acceptors (Lipinski definition) is 2. The molecule has 1 heterocycles. The van der Waals surface area contributed by atoms with Crippen LogP contribution in [-0.2, 0) is 11.3 Å². The van der Waals surface area contributed by atoms with Gasteiger partial charge in [0, 0.05) is 11.9 Å². The highest BCUT2D eigenvalue weighted by atomic mass is 35.5. The van der Waals surface area contributed by atoms with E-state index in [0.717, 1.165) is 27.8 Å². The molecule has 0 saturated heterocycles. The number of halogens is 1. The van der Waals surface area contributed by atoms with Crippen LogP contribution in [0, 0.1) is 13.8 Å². The van der Waals surface area contributed by atoms with Crippen LogP contribution in [0.4, 0.5) is 5.69 Å². The number of aromatic nitrogens is 2. The maximum atomic E-state index is 12.9. The van der Waals surface area contributed by atoms with E-state index in [1.807, 2.05) is 51.1 Å². The van der Waals surface area contributed by atoms with Gasteiger partial charge in [0.25, 0.3) is 0 Å². The Balaban J connectivity index is 1.95.